The molecule has 1 aromatic carbocycles. The van der Waals surface area contributed by atoms with E-state index in [1.165, 1.54) is 34.8 Å². The van der Waals surface area contributed by atoms with Gasteiger partial charge < -0.3 is 5.32 Å². The zero-order chi connectivity index (χ0) is 12.1. The standard InChI is InChI=1S/C14H20INS/c1-17-14(8-2-3-9-14)11-16-10-12-4-6-13(15)7-5-12/h4-7,16H,2-3,8-11H2,1H3. The van der Waals surface area contributed by atoms with Gasteiger partial charge in [-0.05, 0) is 59.4 Å². The van der Waals surface area contributed by atoms with Crippen LogP contribution in [-0.4, -0.2) is 17.5 Å². The Hall–Kier alpha value is 0.260. The Kier molecular flexibility index (Phi) is 5.18. The first-order chi connectivity index (χ1) is 8.24. The molecule has 1 aliphatic rings. The Morgan fingerprint density at radius 1 is 1.24 bits per heavy atom. The molecule has 1 nitrogen and oxygen atoms in total. The van der Waals surface area contributed by atoms with E-state index in [4.69, 9.17) is 0 Å². The van der Waals surface area contributed by atoms with E-state index in [0.717, 1.165) is 13.1 Å². The van der Waals surface area contributed by atoms with Crippen molar-refractivity contribution in [2.24, 2.45) is 0 Å². The number of rotatable bonds is 5. The Balaban J connectivity index is 1.80. The van der Waals surface area contributed by atoms with E-state index in [0.29, 0.717) is 4.75 Å². The second-order valence-electron chi connectivity index (χ2n) is 4.82. The lowest BCUT2D eigenvalue weighted by Crippen LogP contribution is -2.34. The maximum Gasteiger partial charge on any atom is 0.0281 e. The summed E-state index contributed by atoms with van der Waals surface area (Å²) in [6.07, 6.45) is 7.84. The van der Waals surface area contributed by atoms with Gasteiger partial charge in [-0.15, -0.1) is 0 Å². The maximum atomic E-state index is 3.63. The van der Waals surface area contributed by atoms with Crippen molar-refractivity contribution in [2.75, 3.05) is 12.8 Å². The highest BCUT2D eigenvalue weighted by Gasteiger charge is 2.32. The van der Waals surface area contributed by atoms with Crippen LogP contribution in [0.25, 0.3) is 0 Å². The van der Waals surface area contributed by atoms with Gasteiger partial charge in [0.25, 0.3) is 0 Å². The molecule has 0 unspecified atom stereocenters. The van der Waals surface area contributed by atoms with Gasteiger partial charge in [0.15, 0.2) is 0 Å². The van der Waals surface area contributed by atoms with Crippen LogP contribution in [0.2, 0.25) is 0 Å². The normalized spacial score (nSPS) is 18.5. The SMILES string of the molecule is CSC1(CNCc2ccc(I)cc2)CCCC1. The molecule has 0 bridgehead atoms. The van der Waals surface area contributed by atoms with Gasteiger partial charge in [0.1, 0.15) is 0 Å². The number of halogens is 1. The molecule has 1 fully saturated rings. The number of hydrogen-bond donors (Lipinski definition) is 1. The van der Waals surface area contributed by atoms with Crippen LogP contribution in [0.15, 0.2) is 24.3 Å². The molecule has 0 saturated heterocycles. The molecule has 0 amide bonds. The van der Waals surface area contributed by atoms with Crippen LogP contribution in [0, 0.1) is 3.57 Å². The molecule has 0 aliphatic heterocycles. The smallest absolute Gasteiger partial charge is 0.0281 e. The van der Waals surface area contributed by atoms with Crippen molar-refractivity contribution >= 4 is 34.4 Å². The predicted octanol–water partition coefficient (Wildman–Crippen LogP) is 4.06. The second-order valence-corrected chi connectivity index (χ2v) is 7.34. The van der Waals surface area contributed by atoms with Gasteiger partial charge in [0, 0.05) is 21.4 Å². The third kappa shape index (κ3) is 3.86. The summed E-state index contributed by atoms with van der Waals surface area (Å²) in [4.78, 5) is 0. The van der Waals surface area contributed by atoms with Crippen LogP contribution >= 0.6 is 34.4 Å². The molecule has 3 heteroatoms. The van der Waals surface area contributed by atoms with E-state index in [-0.39, 0.29) is 0 Å². The monoisotopic (exact) mass is 361 g/mol. The largest absolute Gasteiger partial charge is 0.311 e. The summed E-state index contributed by atoms with van der Waals surface area (Å²) >= 11 is 4.40. The van der Waals surface area contributed by atoms with Gasteiger partial charge in [0.05, 0.1) is 0 Å². The summed E-state index contributed by atoms with van der Waals surface area (Å²) in [7, 11) is 0. The highest BCUT2D eigenvalue weighted by atomic mass is 127. The molecule has 0 spiro atoms. The summed E-state index contributed by atoms with van der Waals surface area (Å²) in [6.45, 7) is 2.15. The zero-order valence-electron chi connectivity index (χ0n) is 10.3. The number of benzene rings is 1. The van der Waals surface area contributed by atoms with E-state index < -0.39 is 0 Å². The molecular weight excluding hydrogens is 341 g/mol. The van der Waals surface area contributed by atoms with E-state index in [1.807, 2.05) is 0 Å². The van der Waals surface area contributed by atoms with Crippen LogP contribution in [0.3, 0.4) is 0 Å². The fraction of sp³-hybridized carbons (Fsp3) is 0.571. The van der Waals surface area contributed by atoms with Gasteiger partial charge in [-0.3, -0.25) is 0 Å². The van der Waals surface area contributed by atoms with Crippen molar-refractivity contribution in [3.05, 3.63) is 33.4 Å². The molecule has 0 heterocycles. The van der Waals surface area contributed by atoms with Crippen LogP contribution in [0.5, 0.6) is 0 Å². The van der Waals surface area contributed by atoms with Crippen molar-refractivity contribution in [1.82, 2.24) is 5.32 Å². The number of hydrogen-bond acceptors (Lipinski definition) is 2. The summed E-state index contributed by atoms with van der Waals surface area (Å²) in [6, 6.07) is 8.79. The van der Waals surface area contributed by atoms with Crippen molar-refractivity contribution in [1.29, 1.82) is 0 Å². The highest BCUT2D eigenvalue weighted by Crippen LogP contribution is 2.39. The van der Waals surface area contributed by atoms with Crippen LogP contribution in [0.4, 0.5) is 0 Å². The third-order valence-electron chi connectivity index (χ3n) is 3.64. The Morgan fingerprint density at radius 3 is 2.47 bits per heavy atom. The fourth-order valence-electron chi connectivity index (χ4n) is 2.51. The van der Waals surface area contributed by atoms with Crippen LogP contribution in [-0.2, 0) is 6.54 Å². The van der Waals surface area contributed by atoms with Gasteiger partial charge in [0.2, 0.25) is 0 Å². The first-order valence-electron chi connectivity index (χ1n) is 6.24. The van der Waals surface area contributed by atoms with Crippen molar-refractivity contribution in [2.45, 2.75) is 37.0 Å². The molecule has 0 atom stereocenters. The minimum Gasteiger partial charge on any atom is -0.311 e. The topological polar surface area (TPSA) is 12.0 Å². The summed E-state index contributed by atoms with van der Waals surface area (Å²) < 4.78 is 1.83. The van der Waals surface area contributed by atoms with E-state index in [9.17, 15) is 0 Å². The third-order valence-corrected chi connectivity index (χ3v) is 5.78. The Morgan fingerprint density at radius 2 is 1.88 bits per heavy atom. The summed E-state index contributed by atoms with van der Waals surface area (Å²) in [5.74, 6) is 0. The van der Waals surface area contributed by atoms with E-state index in [1.54, 1.807) is 0 Å². The van der Waals surface area contributed by atoms with Gasteiger partial charge in [-0.1, -0.05) is 25.0 Å². The molecule has 1 aromatic rings. The van der Waals surface area contributed by atoms with Crippen molar-refractivity contribution < 1.29 is 0 Å². The second kappa shape index (κ2) is 6.43. The predicted molar refractivity (Wildman–Crippen MR) is 85.6 cm³/mol. The number of nitrogens with one attached hydrogen (secondary N) is 1. The first kappa shape index (κ1) is 13.7. The minimum absolute atomic E-state index is 0.517. The van der Waals surface area contributed by atoms with E-state index >= 15 is 0 Å². The molecule has 0 radical (unpaired) electrons. The maximum absolute atomic E-state index is 3.63. The van der Waals surface area contributed by atoms with Crippen molar-refractivity contribution in [3.63, 3.8) is 0 Å². The highest BCUT2D eigenvalue weighted by molar-refractivity contribution is 14.1. The average molecular weight is 361 g/mol. The average Bonchev–Trinajstić information content (AvgIpc) is 2.81. The molecule has 0 aromatic heterocycles. The molecule has 2 rings (SSSR count). The lowest BCUT2D eigenvalue weighted by Gasteiger charge is -2.27. The van der Waals surface area contributed by atoms with Gasteiger partial charge >= 0.3 is 0 Å². The number of thioether (sulfide) groups is 1. The molecule has 1 N–H and O–H groups in total. The quantitative estimate of drug-likeness (QED) is 0.794. The molecule has 1 aliphatic carbocycles. The lowest BCUT2D eigenvalue weighted by molar-refractivity contribution is 0.534. The zero-order valence-corrected chi connectivity index (χ0v) is 13.3. The Labute approximate surface area is 122 Å². The van der Waals surface area contributed by atoms with Gasteiger partial charge in [-0.25, -0.2) is 0 Å². The lowest BCUT2D eigenvalue weighted by atomic mass is 10.1. The summed E-state index contributed by atoms with van der Waals surface area (Å²) in [5.41, 5.74) is 1.39. The molecule has 17 heavy (non-hydrogen) atoms. The van der Waals surface area contributed by atoms with Crippen LogP contribution < -0.4 is 5.32 Å². The minimum atomic E-state index is 0.517. The fourth-order valence-corrected chi connectivity index (χ4v) is 3.81. The first-order valence-corrected chi connectivity index (χ1v) is 8.55. The van der Waals surface area contributed by atoms with Gasteiger partial charge in [-0.2, -0.15) is 11.8 Å². The molecular formula is C14H20INS. The van der Waals surface area contributed by atoms with Crippen molar-refractivity contribution in [3.8, 4) is 0 Å². The summed E-state index contributed by atoms with van der Waals surface area (Å²) in [5, 5.41) is 3.63. The Bertz CT molecular complexity index is 344. The van der Waals surface area contributed by atoms with E-state index in [2.05, 4.69) is 70.2 Å². The molecule has 94 valence electrons. The van der Waals surface area contributed by atoms with Crippen LogP contribution in [0.1, 0.15) is 31.2 Å². The molecule has 1 saturated carbocycles.